The summed E-state index contributed by atoms with van der Waals surface area (Å²) in [6.45, 7) is 0. The summed E-state index contributed by atoms with van der Waals surface area (Å²) < 4.78 is 2.01. The second-order valence-corrected chi connectivity index (χ2v) is 2.01. The number of nitrogens with zero attached hydrogens (tertiary/aromatic N) is 1. The summed E-state index contributed by atoms with van der Waals surface area (Å²) >= 11 is 5.55. The molecule has 1 aromatic heterocycles. The van der Waals surface area contributed by atoms with E-state index in [0.29, 0.717) is 5.88 Å². The molecule has 0 aliphatic carbocycles. The summed E-state index contributed by atoms with van der Waals surface area (Å²) in [5.41, 5.74) is 1.16. The first-order chi connectivity index (χ1) is 3.84. The molecule has 0 atom stereocenters. The Morgan fingerprint density at radius 3 is 2.75 bits per heavy atom. The predicted molar refractivity (Wildman–Crippen MR) is 35.0 cm³/mol. The third-order valence-corrected chi connectivity index (χ3v) is 1.46. The molecular formula is C6H8ClN. The number of alkyl halides is 1. The molecular weight excluding hydrogens is 122 g/mol. The number of halogens is 1. The van der Waals surface area contributed by atoms with Gasteiger partial charge in [-0.3, -0.25) is 0 Å². The Morgan fingerprint density at radius 2 is 2.50 bits per heavy atom. The van der Waals surface area contributed by atoms with E-state index in [1.807, 2.05) is 29.9 Å². The molecule has 8 heavy (non-hydrogen) atoms. The van der Waals surface area contributed by atoms with Crippen molar-refractivity contribution in [3.8, 4) is 0 Å². The maximum atomic E-state index is 5.55. The Bertz CT molecular complexity index is 169. The van der Waals surface area contributed by atoms with Crippen LogP contribution in [-0.2, 0) is 12.9 Å². The van der Waals surface area contributed by atoms with Crippen LogP contribution in [0.25, 0.3) is 0 Å². The molecule has 0 aliphatic rings. The summed E-state index contributed by atoms with van der Waals surface area (Å²) in [6.07, 6.45) is 1.98. The van der Waals surface area contributed by atoms with Crippen LogP contribution in [0.2, 0.25) is 0 Å². The third kappa shape index (κ3) is 0.869. The molecule has 1 heterocycles. The topological polar surface area (TPSA) is 4.93 Å². The number of hydrogen-bond donors (Lipinski definition) is 0. The van der Waals surface area contributed by atoms with E-state index in [2.05, 4.69) is 0 Å². The Balaban J connectivity index is 2.92. The largest absolute Gasteiger partial charge is 0.353 e. The van der Waals surface area contributed by atoms with Gasteiger partial charge < -0.3 is 4.57 Å². The number of hydrogen-bond acceptors (Lipinski definition) is 0. The summed E-state index contributed by atoms with van der Waals surface area (Å²) in [5.74, 6) is 0.601. The molecule has 0 fully saturated rings. The van der Waals surface area contributed by atoms with Crippen LogP contribution in [0.15, 0.2) is 18.3 Å². The van der Waals surface area contributed by atoms with Crippen LogP contribution in [0, 0.1) is 0 Å². The van der Waals surface area contributed by atoms with Crippen molar-refractivity contribution in [1.29, 1.82) is 0 Å². The fourth-order valence-electron chi connectivity index (χ4n) is 0.635. The van der Waals surface area contributed by atoms with Gasteiger partial charge in [0.25, 0.3) is 0 Å². The van der Waals surface area contributed by atoms with Crippen LogP contribution in [0.1, 0.15) is 5.69 Å². The average molecular weight is 130 g/mol. The van der Waals surface area contributed by atoms with Crippen molar-refractivity contribution in [2.24, 2.45) is 7.05 Å². The Kier molecular flexibility index (Phi) is 1.59. The number of rotatable bonds is 1. The molecule has 0 saturated carbocycles. The lowest BCUT2D eigenvalue weighted by Gasteiger charge is -1.93. The monoisotopic (exact) mass is 129 g/mol. The smallest absolute Gasteiger partial charge is 0.0627 e. The van der Waals surface area contributed by atoms with Gasteiger partial charge in [0.05, 0.1) is 5.88 Å². The SMILES string of the molecule is Cn1cccc1CCl. The van der Waals surface area contributed by atoms with E-state index < -0.39 is 0 Å². The van der Waals surface area contributed by atoms with Crippen LogP contribution < -0.4 is 0 Å². The van der Waals surface area contributed by atoms with E-state index in [-0.39, 0.29) is 0 Å². The van der Waals surface area contributed by atoms with Crippen LogP contribution in [-0.4, -0.2) is 4.57 Å². The first kappa shape index (κ1) is 5.70. The van der Waals surface area contributed by atoms with E-state index in [1.54, 1.807) is 0 Å². The Morgan fingerprint density at radius 1 is 1.75 bits per heavy atom. The van der Waals surface area contributed by atoms with Crippen molar-refractivity contribution in [2.75, 3.05) is 0 Å². The molecule has 0 bridgehead atoms. The maximum absolute atomic E-state index is 5.55. The van der Waals surface area contributed by atoms with Crippen molar-refractivity contribution in [2.45, 2.75) is 5.88 Å². The van der Waals surface area contributed by atoms with Gasteiger partial charge in [0.1, 0.15) is 0 Å². The summed E-state index contributed by atoms with van der Waals surface area (Å²) in [5, 5.41) is 0. The zero-order valence-corrected chi connectivity index (χ0v) is 5.52. The van der Waals surface area contributed by atoms with Gasteiger partial charge in [0.15, 0.2) is 0 Å². The van der Waals surface area contributed by atoms with Gasteiger partial charge in [0.2, 0.25) is 0 Å². The van der Waals surface area contributed by atoms with Crippen molar-refractivity contribution in [1.82, 2.24) is 4.57 Å². The highest BCUT2D eigenvalue weighted by atomic mass is 35.5. The normalized spacial score (nSPS) is 9.75. The van der Waals surface area contributed by atoms with Gasteiger partial charge in [0, 0.05) is 18.9 Å². The predicted octanol–water partition coefficient (Wildman–Crippen LogP) is 1.76. The fourth-order valence-corrected chi connectivity index (χ4v) is 0.913. The second-order valence-electron chi connectivity index (χ2n) is 1.74. The summed E-state index contributed by atoms with van der Waals surface area (Å²) in [6, 6.07) is 3.99. The molecule has 0 spiro atoms. The molecule has 44 valence electrons. The van der Waals surface area contributed by atoms with E-state index in [0.717, 1.165) is 5.69 Å². The van der Waals surface area contributed by atoms with Gasteiger partial charge in [-0.15, -0.1) is 11.6 Å². The molecule has 1 nitrogen and oxygen atoms in total. The first-order valence-electron chi connectivity index (χ1n) is 2.51. The molecule has 0 unspecified atom stereocenters. The highest BCUT2D eigenvalue weighted by Gasteiger charge is 1.89. The highest BCUT2D eigenvalue weighted by molar-refractivity contribution is 6.16. The first-order valence-corrected chi connectivity index (χ1v) is 3.04. The zero-order valence-electron chi connectivity index (χ0n) is 4.76. The van der Waals surface area contributed by atoms with E-state index >= 15 is 0 Å². The summed E-state index contributed by atoms with van der Waals surface area (Å²) in [7, 11) is 1.98. The minimum absolute atomic E-state index is 0.601. The molecule has 0 aromatic carbocycles. The zero-order chi connectivity index (χ0) is 5.98. The van der Waals surface area contributed by atoms with Gasteiger partial charge in [-0.25, -0.2) is 0 Å². The third-order valence-electron chi connectivity index (χ3n) is 1.19. The molecule has 0 aliphatic heterocycles. The minimum Gasteiger partial charge on any atom is -0.353 e. The average Bonchev–Trinajstić information content (AvgIpc) is 2.14. The number of aryl methyl sites for hydroxylation is 1. The van der Waals surface area contributed by atoms with Crippen molar-refractivity contribution < 1.29 is 0 Å². The van der Waals surface area contributed by atoms with Crippen LogP contribution in [0.3, 0.4) is 0 Å². The van der Waals surface area contributed by atoms with Crippen molar-refractivity contribution in [3.63, 3.8) is 0 Å². The molecule has 0 N–H and O–H groups in total. The van der Waals surface area contributed by atoms with Gasteiger partial charge in [-0.05, 0) is 12.1 Å². The number of aromatic nitrogens is 1. The van der Waals surface area contributed by atoms with Crippen molar-refractivity contribution in [3.05, 3.63) is 24.0 Å². The molecule has 1 aromatic rings. The van der Waals surface area contributed by atoms with Gasteiger partial charge in [-0.2, -0.15) is 0 Å². The molecule has 0 radical (unpaired) electrons. The lowest BCUT2D eigenvalue weighted by molar-refractivity contribution is 0.873. The van der Waals surface area contributed by atoms with Crippen LogP contribution in [0.4, 0.5) is 0 Å². The molecule has 0 saturated heterocycles. The molecule has 2 heteroatoms. The van der Waals surface area contributed by atoms with Crippen LogP contribution in [0.5, 0.6) is 0 Å². The molecule has 0 amide bonds. The second kappa shape index (κ2) is 2.23. The van der Waals surface area contributed by atoms with Gasteiger partial charge >= 0.3 is 0 Å². The quantitative estimate of drug-likeness (QED) is 0.510. The van der Waals surface area contributed by atoms with E-state index in [9.17, 15) is 0 Å². The maximum Gasteiger partial charge on any atom is 0.0627 e. The van der Waals surface area contributed by atoms with Crippen LogP contribution >= 0.6 is 11.6 Å². The van der Waals surface area contributed by atoms with E-state index in [1.165, 1.54) is 0 Å². The molecule has 1 rings (SSSR count). The lowest BCUT2D eigenvalue weighted by Crippen LogP contribution is -1.89. The Hall–Kier alpha value is -0.430. The summed E-state index contributed by atoms with van der Waals surface area (Å²) in [4.78, 5) is 0. The van der Waals surface area contributed by atoms with Gasteiger partial charge in [-0.1, -0.05) is 0 Å². The highest BCUT2D eigenvalue weighted by Crippen LogP contribution is 2.01. The minimum atomic E-state index is 0.601. The van der Waals surface area contributed by atoms with Crippen molar-refractivity contribution >= 4 is 11.6 Å². The lowest BCUT2D eigenvalue weighted by atomic mass is 10.5. The Labute approximate surface area is 53.9 Å². The van der Waals surface area contributed by atoms with E-state index in [4.69, 9.17) is 11.6 Å². The standard InChI is InChI=1S/C6H8ClN/c1-8-4-2-3-6(8)5-7/h2-4H,5H2,1H3. The fraction of sp³-hybridized carbons (Fsp3) is 0.333.